The lowest BCUT2D eigenvalue weighted by Crippen LogP contribution is -2.15. The van der Waals surface area contributed by atoms with Gasteiger partial charge in [0, 0.05) is 0 Å². The monoisotopic (exact) mass is 285 g/mol. The summed E-state index contributed by atoms with van der Waals surface area (Å²) in [6.07, 6.45) is 0. The van der Waals surface area contributed by atoms with Crippen LogP contribution in [-0.2, 0) is 0 Å². The molecule has 0 fully saturated rings. The predicted molar refractivity (Wildman–Crippen MR) is 62.3 cm³/mol. The van der Waals surface area contributed by atoms with Gasteiger partial charge in [0.05, 0.1) is 5.69 Å². The van der Waals surface area contributed by atoms with Crippen molar-refractivity contribution in [1.29, 1.82) is 0 Å². The van der Waals surface area contributed by atoms with Crippen LogP contribution >= 0.6 is 0 Å². The van der Waals surface area contributed by atoms with Crippen LogP contribution in [0.15, 0.2) is 30.3 Å². The Morgan fingerprint density at radius 1 is 0.950 bits per heavy atom. The van der Waals surface area contributed by atoms with Gasteiger partial charge in [-0.05, 0) is 24.3 Å². The van der Waals surface area contributed by atoms with Gasteiger partial charge in [0.1, 0.15) is 17.1 Å². The number of nitrogens with one attached hydrogen (secondary N) is 1. The topological polar surface area (TPSA) is 49.3 Å². The van der Waals surface area contributed by atoms with Crippen molar-refractivity contribution in [2.45, 2.75) is 0 Å². The Hall–Kier alpha value is -2.57. The molecule has 0 aromatic heterocycles. The van der Waals surface area contributed by atoms with E-state index in [9.17, 15) is 27.5 Å². The highest BCUT2D eigenvalue weighted by Crippen LogP contribution is 2.24. The highest BCUT2D eigenvalue weighted by Gasteiger charge is 2.20. The molecule has 0 saturated carbocycles. The number of anilines is 1. The number of phenols is 1. The summed E-state index contributed by atoms with van der Waals surface area (Å²) in [4.78, 5) is 11.7. The van der Waals surface area contributed by atoms with E-state index in [1.807, 2.05) is 5.32 Å². The van der Waals surface area contributed by atoms with E-state index < -0.39 is 46.2 Å². The Balaban J connectivity index is 2.36. The van der Waals surface area contributed by atoms with E-state index in [1.165, 1.54) is 6.07 Å². The van der Waals surface area contributed by atoms with Gasteiger partial charge in [-0.1, -0.05) is 6.07 Å². The number of carbonyl (C=O) groups is 1. The van der Waals surface area contributed by atoms with Gasteiger partial charge in [0.15, 0.2) is 17.5 Å². The Labute approximate surface area is 110 Å². The lowest BCUT2D eigenvalue weighted by Gasteiger charge is -2.09. The van der Waals surface area contributed by atoms with Gasteiger partial charge < -0.3 is 10.4 Å². The van der Waals surface area contributed by atoms with E-state index in [2.05, 4.69) is 0 Å². The molecule has 7 heteroatoms. The maximum atomic E-state index is 13.4. The highest BCUT2D eigenvalue weighted by atomic mass is 19.2. The first-order chi connectivity index (χ1) is 9.41. The van der Waals surface area contributed by atoms with E-state index in [0.717, 1.165) is 18.2 Å². The first-order valence-corrected chi connectivity index (χ1v) is 5.34. The number of aromatic hydroxyl groups is 1. The number of hydrogen-bond acceptors (Lipinski definition) is 2. The molecule has 1 amide bonds. The summed E-state index contributed by atoms with van der Waals surface area (Å²) in [5, 5.41) is 11.2. The fourth-order valence-electron chi connectivity index (χ4n) is 1.54. The molecule has 0 saturated heterocycles. The minimum atomic E-state index is -1.76. The first-order valence-electron chi connectivity index (χ1n) is 5.34. The second-order valence-corrected chi connectivity index (χ2v) is 3.81. The lowest BCUT2D eigenvalue weighted by molar-refractivity contribution is 0.102. The van der Waals surface area contributed by atoms with Gasteiger partial charge in [-0.3, -0.25) is 4.79 Å². The fourth-order valence-corrected chi connectivity index (χ4v) is 1.54. The smallest absolute Gasteiger partial charge is 0.262 e. The molecule has 0 radical (unpaired) electrons. The summed E-state index contributed by atoms with van der Waals surface area (Å²) in [6.45, 7) is 0. The molecule has 0 atom stereocenters. The molecule has 3 nitrogen and oxygen atoms in total. The number of carbonyl (C=O) groups excluding carboxylic acids is 1. The number of halogens is 4. The average molecular weight is 285 g/mol. The highest BCUT2D eigenvalue weighted by molar-refractivity contribution is 6.06. The summed E-state index contributed by atoms with van der Waals surface area (Å²) in [7, 11) is 0. The number of phenolic OH excluding ortho intramolecular Hbond substituents is 1. The zero-order valence-corrected chi connectivity index (χ0v) is 9.75. The zero-order valence-electron chi connectivity index (χ0n) is 9.75. The van der Waals surface area contributed by atoms with Crippen molar-refractivity contribution >= 4 is 11.6 Å². The van der Waals surface area contributed by atoms with Crippen LogP contribution in [0.4, 0.5) is 23.2 Å². The zero-order chi connectivity index (χ0) is 14.9. The van der Waals surface area contributed by atoms with Gasteiger partial charge in [0.25, 0.3) is 5.91 Å². The number of amides is 1. The quantitative estimate of drug-likeness (QED) is 0.657. The molecule has 0 bridgehead atoms. The van der Waals surface area contributed by atoms with Crippen LogP contribution in [0.3, 0.4) is 0 Å². The molecule has 0 spiro atoms. The minimum absolute atomic E-state index is 0.606. The van der Waals surface area contributed by atoms with Crippen molar-refractivity contribution in [2.24, 2.45) is 0 Å². The van der Waals surface area contributed by atoms with Crippen LogP contribution in [-0.4, -0.2) is 11.0 Å². The Kier molecular flexibility index (Phi) is 3.60. The maximum absolute atomic E-state index is 13.4. The molecule has 2 N–H and O–H groups in total. The third-order valence-electron chi connectivity index (χ3n) is 2.50. The van der Waals surface area contributed by atoms with Crippen molar-refractivity contribution in [3.05, 3.63) is 59.2 Å². The molecule has 20 heavy (non-hydrogen) atoms. The summed E-state index contributed by atoms with van der Waals surface area (Å²) >= 11 is 0. The largest absolute Gasteiger partial charge is 0.507 e. The van der Waals surface area contributed by atoms with E-state index in [1.54, 1.807) is 0 Å². The van der Waals surface area contributed by atoms with Gasteiger partial charge in [-0.2, -0.15) is 0 Å². The summed E-state index contributed by atoms with van der Waals surface area (Å²) in [5.41, 5.74) is -1.40. The molecule has 0 heterocycles. The predicted octanol–water partition coefficient (Wildman–Crippen LogP) is 3.20. The molecule has 2 rings (SSSR count). The first kappa shape index (κ1) is 13.9. The Morgan fingerprint density at radius 3 is 2.30 bits per heavy atom. The summed E-state index contributed by atoms with van der Waals surface area (Å²) < 4.78 is 52.5. The van der Waals surface area contributed by atoms with Gasteiger partial charge >= 0.3 is 0 Å². The van der Waals surface area contributed by atoms with E-state index in [0.29, 0.717) is 6.07 Å². The van der Waals surface area contributed by atoms with Crippen molar-refractivity contribution in [2.75, 3.05) is 5.32 Å². The van der Waals surface area contributed by atoms with Crippen molar-refractivity contribution in [3.8, 4) is 5.75 Å². The molecule has 104 valence electrons. The van der Waals surface area contributed by atoms with E-state index >= 15 is 0 Å². The third-order valence-corrected chi connectivity index (χ3v) is 2.50. The molecular formula is C13H7F4NO2. The molecule has 2 aromatic carbocycles. The molecule has 0 aliphatic rings. The van der Waals surface area contributed by atoms with E-state index in [4.69, 9.17) is 0 Å². The van der Waals surface area contributed by atoms with Crippen LogP contribution in [0.25, 0.3) is 0 Å². The Bertz CT molecular complexity index is 668. The molecule has 0 aliphatic heterocycles. The maximum Gasteiger partial charge on any atom is 0.262 e. The van der Waals surface area contributed by atoms with Crippen molar-refractivity contribution < 1.29 is 27.5 Å². The number of hydrogen-bond donors (Lipinski definition) is 2. The molecule has 0 aliphatic carbocycles. The molecule has 0 unspecified atom stereocenters. The SMILES string of the molecule is O=C(Nc1ccc(F)c(F)c1F)c1c(O)cccc1F. The van der Waals surface area contributed by atoms with Gasteiger partial charge in [-0.25, -0.2) is 17.6 Å². The lowest BCUT2D eigenvalue weighted by atomic mass is 10.1. The molecule has 2 aromatic rings. The van der Waals surface area contributed by atoms with Gasteiger partial charge in [-0.15, -0.1) is 0 Å². The van der Waals surface area contributed by atoms with Crippen LogP contribution in [0, 0.1) is 23.3 Å². The third kappa shape index (κ3) is 2.42. The fraction of sp³-hybridized carbons (Fsp3) is 0. The van der Waals surface area contributed by atoms with Gasteiger partial charge in [0.2, 0.25) is 0 Å². The second-order valence-electron chi connectivity index (χ2n) is 3.81. The normalized spacial score (nSPS) is 10.4. The van der Waals surface area contributed by atoms with Crippen molar-refractivity contribution in [3.63, 3.8) is 0 Å². The van der Waals surface area contributed by atoms with Crippen LogP contribution in [0.2, 0.25) is 0 Å². The van der Waals surface area contributed by atoms with Crippen molar-refractivity contribution in [1.82, 2.24) is 0 Å². The van der Waals surface area contributed by atoms with E-state index in [-0.39, 0.29) is 0 Å². The number of benzene rings is 2. The summed E-state index contributed by atoms with van der Waals surface area (Å²) in [6, 6.07) is 4.52. The Morgan fingerprint density at radius 2 is 1.65 bits per heavy atom. The average Bonchev–Trinajstić information content (AvgIpc) is 2.39. The summed E-state index contributed by atoms with van der Waals surface area (Å²) in [5.74, 6) is -7.69. The van der Waals surface area contributed by atoms with Crippen LogP contribution in [0.1, 0.15) is 10.4 Å². The van der Waals surface area contributed by atoms with Crippen LogP contribution in [0.5, 0.6) is 5.75 Å². The molecular weight excluding hydrogens is 278 g/mol. The second kappa shape index (κ2) is 5.20. The van der Waals surface area contributed by atoms with Crippen LogP contribution < -0.4 is 5.32 Å². The standard InChI is InChI=1S/C13H7F4NO2/c14-6-2-1-3-9(19)10(6)13(20)18-8-5-4-7(15)11(16)12(8)17/h1-5,19H,(H,18,20). The number of rotatable bonds is 2. The minimum Gasteiger partial charge on any atom is -0.507 e.